The first-order valence-electron chi connectivity index (χ1n) is 20.7. The standard InChI is InChI=1S/C58H37NO2/c1-2-17-48-39(11-1)12-9-20-49(48)44-15-7-13-41(35-44)42-14-8-16-47(36-42)59(45-30-25-38(26-31-45)43-29-34-53-51-18-3-5-23-55(51)60-57(53)37-43)46-32-27-40(28-33-46)50-21-10-22-54-52-19-4-6-24-56(52)61-58(50)54/h1-37H. The van der Waals surface area contributed by atoms with E-state index >= 15 is 0 Å². The van der Waals surface area contributed by atoms with Gasteiger partial charge in [0, 0.05) is 44.2 Å². The summed E-state index contributed by atoms with van der Waals surface area (Å²) >= 11 is 0. The molecule has 0 aliphatic heterocycles. The fraction of sp³-hybridized carbons (Fsp3) is 0. The van der Waals surface area contributed by atoms with Crippen molar-refractivity contribution in [2.45, 2.75) is 0 Å². The molecule has 0 N–H and O–H groups in total. The lowest BCUT2D eigenvalue weighted by Crippen LogP contribution is -2.10. The molecule has 286 valence electrons. The Labute approximate surface area is 353 Å². The Kier molecular flexibility index (Phi) is 8.17. The van der Waals surface area contributed by atoms with Gasteiger partial charge in [0.1, 0.15) is 22.3 Å². The third kappa shape index (κ3) is 6.06. The summed E-state index contributed by atoms with van der Waals surface area (Å²) in [6.45, 7) is 0. The van der Waals surface area contributed by atoms with Crippen LogP contribution in [0.25, 0.3) is 99.2 Å². The molecule has 0 fully saturated rings. The van der Waals surface area contributed by atoms with E-state index in [0.29, 0.717) is 0 Å². The Morgan fingerprint density at radius 2 is 0.787 bits per heavy atom. The van der Waals surface area contributed by atoms with Crippen LogP contribution in [0.3, 0.4) is 0 Å². The summed E-state index contributed by atoms with van der Waals surface area (Å²) in [5, 5.41) is 7.01. The van der Waals surface area contributed by atoms with Crippen LogP contribution < -0.4 is 4.90 Å². The number of benzene rings is 10. The van der Waals surface area contributed by atoms with Gasteiger partial charge in [-0.3, -0.25) is 0 Å². The van der Waals surface area contributed by atoms with Crippen LogP contribution in [0.2, 0.25) is 0 Å². The molecule has 61 heavy (non-hydrogen) atoms. The highest BCUT2D eigenvalue weighted by Gasteiger charge is 2.17. The summed E-state index contributed by atoms with van der Waals surface area (Å²) in [5.41, 5.74) is 15.9. The van der Waals surface area contributed by atoms with Crippen molar-refractivity contribution >= 4 is 71.7 Å². The first-order chi connectivity index (χ1) is 30.2. The maximum Gasteiger partial charge on any atom is 0.143 e. The van der Waals surface area contributed by atoms with E-state index in [1.54, 1.807) is 0 Å². The maximum absolute atomic E-state index is 6.44. The predicted molar refractivity (Wildman–Crippen MR) is 255 cm³/mol. The first kappa shape index (κ1) is 34.9. The van der Waals surface area contributed by atoms with Crippen LogP contribution in [-0.2, 0) is 0 Å². The molecule has 10 aromatic carbocycles. The zero-order valence-corrected chi connectivity index (χ0v) is 33.1. The van der Waals surface area contributed by atoms with Gasteiger partial charge in [0.2, 0.25) is 0 Å². The van der Waals surface area contributed by atoms with Gasteiger partial charge in [-0.1, -0.05) is 158 Å². The van der Waals surface area contributed by atoms with Gasteiger partial charge in [-0.25, -0.2) is 0 Å². The highest BCUT2D eigenvalue weighted by Crippen LogP contribution is 2.41. The summed E-state index contributed by atoms with van der Waals surface area (Å²) in [7, 11) is 0. The number of anilines is 3. The van der Waals surface area contributed by atoms with Crippen LogP contribution in [0, 0.1) is 0 Å². The van der Waals surface area contributed by atoms with Crippen LogP contribution in [0.15, 0.2) is 233 Å². The molecule has 0 spiro atoms. The number of hydrogen-bond donors (Lipinski definition) is 0. The normalized spacial score (nSPS) is 11.6. The molecule has 0 saturated carbocycles. The zero-order chi connectivity index (χ0) is 40.3. The predicted octanol–water partition coefficient (Wildman–Crippen LogP) is 16.8. The van der Waals surface area contributed by atoms with E-state index in [1.807, 2.05) is 24.3 Å². The van der Waals surface area contributed by atoms with Gasteiger partial charge < -0.3 is 13.7 Å². The second-order valence-electron chi connectivity index (χ2n) is 15.7. The van der Waals surface area contributed by atoms with E-state index in [1.165, 1.54) is 21.9 Å². The van der Waals surface area contributed by atoms with Gasteiger partial charge in [0.15, 0.2) is 0 Å². The second-order valence-corrected chi connectivity index (χ2v) is 15.7. The van der Waals surface area contributed by atoms with Crippen molar-refractivity contribution in [3.05, 3.63) is 224 Å². The van der Waals surface area contributed by atoms with E-state index in [-0.39, 0.29) is 0 Å². The summed E-state index contributed by atoms with van der Waals surface area (Å²) in [4.78, 5) is 2.34. The van der Waals surface area contributed by atoms with Crippen LogP contribution in [-0.4, -0.2) is 0 Å². The SMILES string of the molecule is c1cc(-c2cccc(N(c3ccc(-c4ccc5c(c4)oc4ccccc45)cc3)c3ccc(-c4cccc5c4oc4ccccc45)cc3)c2)cc(-c2cccc3ccccc23)c1. The van der Waals surface area contributed by atoms with Crippen molar-refractivity contribution in [2.24, 2.45) is 0 Å². The van der Waals surface area contributed by atoms with Crippen molar-refractivity contribution in [1.82, 2.24) is 0 Å². The Morgan fingerprint density at radius 1 is 0.262 bits per heavy atom. The molecule has 12 aromatic rings. The molecule has 0 radical (unpaired) electrons. The number of rotatable bonds is 7. The summed E-state index contributed by atoms with van der Waals surface area (Å²) in [6, 6.07) is 80.0. The summed E-state index contributed by atoms with van der Waals surface area (Å²) in [6.07, 6.45) is 0. The smallest absolute Gasteiger partial charge is 0.143 e. The fourth-order valence-corrected chi connectivity index (χ4v) is 9.09. The van der Waals surface area contributed by atoms with E-state index in [2.05, 4.69) is 205 Å². The lowest BCUT2D eigenvalue weighted by molar-refractivity contribution is 0.669. The quantitative estimate of drug-likeness (QED) is 0.161. The third-order valence-electron chi connectivity index (χ3n) is 12.1. The van der Waals surface area contributed by atoms with Gasteiger partial charge in [-0.15, -0.1) is 0 Å². The van der Waals surface area contributed by atoms with Gasteiger partial charge in [-0.2, -0.15) is 0 Å². The van der Waals surface area contributed by atoms with Crippen molar-refractivity contribution in [3.63, 3.8) is 0 Å². The van der Waals surface area contributed by atoms with Crippen molar-refractivity contribution < 1.29 is 8.83 Å². The largest absolute Gasteiger partial charge is 0.456 e. The number of fused-ring (bicyclic) bond motifs is 7. The highest BCUT2D eigenvalue weighted by molar-refractivity contribution is 6.10. The fourth-order valence-electron chi connectivity index (χ4n) is 9.09. The lowest BCUT2D eigenvalue weighted by atomic mass is 9.95. The molecule has 0 bridgehead atoms. The molecule has 0 saturated heterocycles. The Balaban J connectivity index is 0.947. The minimum atomic E-state index is 0.893. The minimum Gasteiger partial charge on any atom is -0.456 e. The molecule has 2 aromatic heterocycles. The van der Waals surface area contributed by atoms with Gasteiger partial charge in [0.05, 0.1) is 0 Å². The first-order valence-corrected chi connectivity index (χ1v) is 20.7. The molecule has 0 aliphatic carbocycles. The number of furan rings is 2. The number of hydrogen-bond acceptors (Lipinski definition) is 3. The Hall–Kier alpha value is -8.14. The molecule has 2 heterocycles. The number of para-hydroxylation sites is 3. The maximum atomic E-state index is 6.44. The van der Waals surface area contributed by atoms with E-state index in [4.69, 9.17) is 8.83 Å². The average Bonchev–Trinajstić information content (AvgIpc) is 3.90. The van der Waals surface area contributed by atoms with Crippen molar-refractivity contribution in [1.29, 1.82) is 0 Å². The van der Waals surface area contributed by atoms with Gasteiger partial charge in [-0.05, 0) is 116 Å². The second kappa shape index (κ2) is 14.3. The molecule has 0 amide bonds. The van der Waals surface area contributed by atoms with E-state index in [9.17, 15) is 0 Å². The summed E-state index contributed by atoms with van der Waals surface area (Å²) < 4.78 is 12.7. The highest BCUT2D eigenvalue weighted by atomic mass is 16.3. The molecule has 3 nitrogen and oxygen atoms in total. The van der Waals surface area contributed by atoms with Gasteiger partial charge in [0.25, 0.3) is 0 Å². The van der Waals surface area contributed by atoms with Crippen LogP contribution >= 0.6 is 0 Å². The van der Waals surface area contributed by atoms with Gasteiger partial charge >= 0.3 is 0 Å². The molecule has 0 aliphatic rings. The third-order valence-corrected chi connectivity index (χ3v) is 12.1. The van der Waals surface area contributed by atoms with E-state index < -0.39 is 0 Å². The summed E-state index contributed by atoms with van der Waals surface area (Å²) in [5.74, 6) is 0. The van der Waals surface area contributed by atoms with Crippen LogP contribution in [0.4, 0.5) is 17.1 Å². The van der Waals surface area contributed by atoms with Crippen molar-refractivity contribution in [3.8, 4) is 44.5 Å². The average molecular weight is 780 g/mol. The Bertz CT molecular complexity index is 3590. The Morgan fingerprint density at radius 3 is 1.59 bits per heavy atom. The molecular formula is C58H37NO2. The van der Waals surface area contributed by atoms with Crippen LogP contribution in [0.1, 0.15) is 0 Å². The lowest BCUT2D eigenvalue weighted by Gasteiger charge is -2.26. The van der Waals surface area contributed by atoms with Crippen LogP contribution in [0.5, 0.6) is 0 Å². The number of nitrogens with zero attached hydrogens (tertiary/aromatic N) is 1. The monoisotopic (exact) mass is 779 g/mol. The van der Waals surface area contributed by atoms with E-state index in [0.717, 1.165) is 94.3 Å². The molecule has 3 heteroatoms. The topological polar surface area (TPSA) is 29.5 Å². The minimum absolute atomic E-state index is 0.893. The molecular weight excluding hydrogens is 743 g/mol. The molecule has 0 atom stereocenters. The molecule has 12 rings (SSSR count). The van der Waals surface area contributed by atoms with Crippen molar-refractivity contribution in [2.75, 3.05) is 4.90 Å². The molecule has 0 unspecified atom stereocenters. The zero-order valence-electron chi connectivity index (χ0n) is 33.1.